The van der Waals surface area contributed by atoms with Crippen LogP contribution in [0, 0.1) is 6.92 Å². The van der Waals surface area contributed by atoms with Crippen LogP contribution in [0.2, 0.25) is 0 Å². The number of nitrogens with zero attached hydrogens (tertiary/aromatic N) is 3. The zero-order valence-electron chi connectivity index (χ0n) is 15.8. The van der Waals surface area contributed by atoms with Gasteiger partial charge in [-0.15, -0.1) is 0 Å². The molecule has 142 valence electrons. The summed E-state index contributed by atoms with van der Waals surface area (Å²) in [6.45, 7) is 1.99. The molecule has 4 rings (SSSR count). The molecule has 0 radical (unpaired) electrons. The lowest BCUT2D eigenvalue weighted by atomic mass is 10.1. The Morgan fingerprint density at radius 3 is 2.34 bits per heavy atom. The van der Waals surface area contributed by atoms with Crippen molar-refractivity contribution in [2.75, 3.05) is 10.6 Å². The van der Waals surface area contributed by atoms with E-state index in [0.29, 0.717) is 17.2 Å². The summed E-state index contributed by atoms with van der Waals surface area (Å²) < 4.78 is 0. The number of anilines is 3. The van der Waals surface area contributed by atoms with Crippen LogP contribution in [0.15, 0.2) is 85.3 Å². The molecule has 2 N–H and O–H groups in total. The minimum absolute atomic E-state index is 0.141. The molecular weight excluding hydrogens is 362 g/mol. The lowest BCUT2D eigenvalue weighted by Gasteiger charge is -2.09. The molecule has 6 nitrogen and oxygen atoms in total. The lowest BCUT2D eigenvalue weighted by molar-refractivity contribution is 0.102. The number of pyridine rings is 1. The Hall–Kier alpha value is -4.06. The quantitative estimate of drug-likeness (QED) is 0.517. The molecule has 1 amide bonds. The summed E-state index contributed by atoms with van der Waals surface area (Å²) in [7, 11) is 0. The summed E-state index contributed by atoms with van der Waals surface area (Å²) >= 11 is 0. The SMILES string of the molecule is Cc1ccc(C(=O)Nc2ccc(Nc3nccc(-c4cccnc4)n3)cc2)cc1. The van der Waals surface area contributed by atoms with Gasteiger partial charge in [0.2, 0.25) is 5.95 Å². The topological polar surface area (TPSA) is 79.8 Å². The van der Waals surface area contributed by atoms with Gasteiger partial charge in [-0.2, -0.15) is 0 Å². The third kappa shape index (κ3) is 4.62. The fourth-order valence-corrected chi connectivity index (χ4v) is 2.77. The summed E-state index contributed by atoms with van der Waals surface area (Å²) in [6.07, 6.45) is 5.19. The number of hydrogen-bond acceptors (Lipinski definition) is 5. The molecular formula is C23H19N5O. The van der Waals surface area contributed by atoms with E-state index in [4.69, 9.17) is 0 Å². The number of carbonyl (C=O) groups excluding carboxylic acids is 1. The van der Waals surface area contributed by atoms with E-state index in [2.05, 4.69) is 25.6 Å². The van der Waals surface area contributed by atoms with Crippen LogP contribution < -0.4 is 10.6 Å². The first-order valence-electron chi connectivity index (χ1n) is 9.16. The van der Waals surface area contributed by atoms with Gasteiger partial charge in [0.25, 0.3) is 5.91 Å². The van der Waals surface area contributed by atoms with Gasteiger partial charge >= 0.3 is 0 Å². The largest absolute Gasteiger partial charge is 0.324 e. The maximum Gasteiger partial charge on any atom is 0.255 e. The van der Waals surface area contributed by atoms with Gasteiger partial charge in [-0.1, -0.05) is 17.7 Å². The van der Waals surface area contributed by atoms with E-state index in [1.54, 1.807) is 18.6 Å². The van der Waals surface area contributed by atoms with Crippen LogP contribution in [0.25, 0.3) is 11.3 Å². The molecule has 0 atom stereocenters. The summed E-state index contributed by atoms with van der Waals surface area (Å²) in [5.41, 5.74) is 4.99. The second kappa shape index (κ2) is 8.31. The van der Waals surface area contributed by atoms with E-state index in [9.17, 15) is 4.79 Å². The number of aryl methyl sites for hydroxylation is 1. The fourth-order valence-electron chi connectivity index (χ4n) is 2.77. The second-order valence-electron chi connectivity index (χ2n) is 6.53. The van der Waals surface area contributed by atoms with Crippen molar-refractivity contribution in [3.05, 3.63) is 96.4 Å². The van der Waals surface area contributed by atoms with Crippen molar-refractivity contribution >= 4 is 23.2 Å². The summed E-state index contributed by atoms with van der Waals surface area (Å²) in [6, 6.07) is 20.5. The van der Waals surface area contributed by atoms with Crippen molar-refractivity contribution in [3.63, 3.8) is 0 Å². The van der Waals surface area contributed by atoms with Gasteiger partial charge in [0.15, 0.2) is 0 Å². The Morgan fingerprint density at radius 1 is 0.862 bits per heavy atom. The van der Waals surface area contributed by atoms with Gasteiger partial charge < -0.3 is 10.6 Å². The van der Waals surface area contributed by atoms with E-state index in [-0.39, 0.29) is 5.91 Å². The molecule has 0 aliphatic heterocycles. The first-order chi connectivity index (χ1) is 14.2. The molecule has 0 aliphatic rings. The smallest absolute Gasteiger partial charge is 0.255 e. The van der Waals surface area contributed by atoms with Crippen molar-refractivity contribution in [1.82, 2.24) is 15.0 Å². The van der Waals surface area contributed by atoms with Crippen LogP contribution in [0.5, 0.6) is 0 Å². The highest BCUT2D eigenvalue weighted by atomic mass is 16.1. The number of aromatic nitrogens is 3. The minimum atomic E-state index is -0.141. The number of carbonyl (C=O) groups is 1. The lowest BCUT2D eigenvalue weighted by Crippen LogP contribution is -2.11. The Kier molecular flexibility index (Phi) is 5.25. The van der Waals surface area contributed by atoms with Crippen molar-refractivity contribution < 1.29 is 4.79 Å². The minimum Gasteiger partial charge on any atom is -0.324 e. The average Bonchev–Trinajstić information content (AvgIpc) is 2.76. The summed E-state index contributed by atoms with van der Waals surface area (Å²) in [5.74, 6) is 0.348. The standard InChI is InChI=1S/C23H19N5O/c1-16-4-6-17(7-5-16)22(29)26-19-8-10-20(11-9-19)27-23-25-14-12-21(28-23)18-3-2-13-24-15-18/h2-15H,1H3,(H,26,29)(H,25,27,28). The van der Waals surface area contributed by atoms with Crippen molar-refractivity contribution in [3.8, 4) is 11.3 Å². The molecule has 2 aromatic heterocycles. The average molecular weight is 381 g/mol. The van der Waals surface area contributed by atoms with Crippen LogP contribution in [0.3, 0.4) is 0 Å². The van der Waals surface area contributed by atoms with E-state index in [0.717, 1.165) is 22.5 Å². The van der Waals surface area contributed by atoms with Crippen LogP contribution in [-0.2, 0) is 0 Å². The second-order valence-corrected chi connectivity index (χ2v) is 6.53. The van der Waals surface area contributed by atoms with E-state index < -0.39 is 0 Å². The van der Waals surface area contributed by atoms with Gasteiger partial charge in [-0.05, 0) is 61.5 Å². The highest BCUT2D eigenvalue weighted by Gasteiger charge is 2.06. The summed E-state index contributed by atoms with van der Waals surface area (Å²) in [4.78, 5) is 25.2. The predicted molar refractivity (Wildman–Crippen MR) is 114 cm³/mol. The molecule has 0 saturated carbocycles. The van der Waals surface area contributed by atoms with Crippen molar-refractivity contribution in [2.45, 2.75) is 6.92 Å². The maximum atomic E-state index is 12.3. The number of hydrogen-bond donors (Lipinski definition) is 2. The predicted octanol–water partition coefficient (Wildman–Crippen LogP) is 4.84. The van der Waals surface area contributed by atoms with Gasteiger partial charge in [0.1, 0.15) is 0 Å². The highest BCUT2D eigenvalue weighted by molar-refractivity contribution is 6.04. The zero-order chi connectivity index (χ0) is 20.1. The Bertz CT molecular complexity index is 1110. The number of benzene rings is 2. The van der Waals surface area contributed by atoms with Gasteiger partial charge in [0.05, 0.1) is 5.69 Å². The highest BCUT2D eigenvalue weighted by Crippen LogP contribution is 2.20. The molecule has 0 spiro atoms. The van der Waals surface area contributed by atoms with Crippen LogP contribution in [0.1, 0.15) is 15.9 Å². The number of nitrogens with one attached hydrogen (secondary N) is 2. The number of rotatable bonds is 5. The molecule has 0 fully saturated rings. The first kappa shape index (κ1) is 18.3. The molecule has 0 aliphatic carbocycles. The summed E-state index contributed by atoms with van der Waals surface area (Å²) in [5, 5.41) is 6.07. The normalized spacial score (nSPS) is 10.4. The Morgan fingerprint density at radius 2 is 1.62 bits per heavy atom. The van der Waals surface area contributed by atoms with Gasteiger partial charge in [-0.25, -0.2) is 9.97 Å². The Labute approximate surface area is 168 Å². The Balaban J connectivity index is 1.43. The molecule has 4 aromatic rings. The molecule has 0 unspecified atom stereocenters. The number of amides is 1. The fraction of sp³-hybridized carbons (Fsp3) is 0.0435. The third-order valence-corrected chi connectivity index (χ3v) is 4.33. The molecule has 6 heteroatoms. The van der Waals surface area contributed by atoms with E-state index >= 15 is 0 Å². The van der Waals surface area contributed by atoms with E-state index in [1.165, 1.54) is 0 Å². The van der Waals surface area contributed by atoms with Gasteiger partial charge in [0, 0.05) is 41.1 Å². The molecule has 0 saturated heterocycles. The van der Waals surface area contributed by atoms with Crippen molar-refractivity contribution in [1.29, 1.82) is 0 Å². The van der Waals surface area contributed by atoms with E-state index in [1.807, 2.05) is 73.7 Å². The molecule has 2 heterocycles. The molecule has 2 aromatic carbocycles. The maximum absolute atomic E-state index is 12.3. The molecule has 0 bridgehead atoms. The zero-order valence-corrected chi connectivity index (χ0v) is 15.8. The van der Waals surface area contributed by atoms with Crippen LogP contribution in [-0.4, -0.2) is 20.9 Å². The van der Waals surface area contributed by atoms with Crippen LogP contribution >= 0.6 is 0 Å². The first-order valence-corrected chi connectivity index (χ1v) is 9.16. The van der Waals surface area contributed by atoms with Crippen molar-refractivity contribution in [2.24, 2.45) is 0 Å². The monoisotopic (exact) mass is 381 g/mol. The van der Waals surface area contributed by atoms with Crippen LogP contribution in [0.4, 0.5) is 17.3 Å². The van der Waals surface area contributed by atoms with Gasteiger partial charge in [-0.3, -0.25) is 9.78 Å². The third-order valence-electron chi connectivity index (χ3n) is 4.33. The molecule has 29 heavy (non-hydrogen) atoms.